The third-order valence-electron chi connectivity index (χ3n) is 2.99. The number of nitrogens with one attached hydrogen (secondary N) is 1. The van der Waals surface area contributed by atoms with Crippen molar-refractivity contribution in [2.45, 2.75) is 19.7 Å². The third kappa shape index (κ3) is 3.90. The zero-order valence-electron chi connectivity index (χ0n) is 11.3. The molecule has 7 heteroatoms. The van der Waals surface area contributed by atoms with Crippen molar-refractivity contribution >= 4 is 21.6 Å². The van der Waals surface area contributed by atoms with Gasteiger partial charge in [0.15, 0.2) is 0 Å². The average Bonchev–Trinajstić information content (AvgIpc) is 2.52. The molecule has 0 aliphatic rings. The summed E-state index contributed by atoms with van der Waals surface area (Å²) in [5.74, 6) is 0. The van der Waals surface area contributed by atoms with E-state index in [1.807, 2.05) is 24.3 Å². The minimum absolute atomic E-state index is 0.0201. The third-order valence-corrected chi connectivity index (χ3v) is 3.75. The number of rotatable bonds is 6. The van der Waals surface area contributed by atoms with Crippen LogP contribution in [-0.4, -0.2) is 26.6 Å². The van der Waals surface area contributed by atoms with E-state index in [4.69, 9.17) is 10.2 Å². The first-order valence-electron chi connectivity index (χ1n) is 6.44. The highest BCUT2D eigenvalue weighted by atomic mass is 79.9. The highest BCUT2D eigenvalue weighted by molar-refractivity contribution is 9.10. The molecular weight excluding hydrogens is 338 g/mol. The fourth-order valence-corrected chi connectivity index (χ4v) is 2.25. The standard InChI is InChI=1S/C14H16BrN3O3/c15-13-12(8-17-18(5-6-19)14(13)21)16-7-10-1-3-11(9-20)4-2-10/h1-4,8,16,19-20H,5-7,9H2. The van der Waals surface area contributed by atoms with E-state index < -0.39 is 0 Å². The summed E-state index contributed by atoms with van der Waals surface area (Å²) in [5, 5.41) is 25.0. The zero-order chi connectivity index (χ0) is 15.2. The summed E-state index contributed by atoms with van der Waals surface area (Å²) >= 11 is 3.25. The summed E-state index contributed by atoms with van der Waals surface area (Å²) in [6, 6.07) is 7.52. The number of hydrogen-bond donors (Lipinski definition) is 3. The summed E-state index contributed by atoms with van der Waals surface area (Å²) < 4.78 is 1.59. The molecule has 1 heterocycles. The molecule has 0 saturated carbocycles. The van der Waals surface area contributed by atoms with E-state index in [1.54, 1.807) is 6.20 Å². The van der Waals surface area contributed by atoms with Gasteiger partial charge >= 0.3 is 0 Å². The van der Waals surface area contributed by atoms with E-state index in [0.29, 0.717) is 16.7 Å². The Kier molecular flexibility index (Phi) is 5.49. The Morgan fingerprint density at radius 1 is 1.19 bits per heavy atom. The van der Waals surface area contributed by atoms with E-state index >= 15 is 0 Å². The molecule has 3 N–H and O–H groups in total. The Morgan fingerprint density at radius 3 is 2.48 bits per heavy atom. The van der Waals surface area contributed by atoms with Crippen LogP contribution in [0.1, 0.15) is 11.1 Å². The van der Waals surface area contributed by atoms with Gasteiger partial charge in [-0.15, -0.1) is 0 Å². The Balaban J connectivity index is 2.09. The zero-order valence-corrected chi connectivity index (χ0v) is 12.9. The molecule has 6 nitrogen and oxygen atoms in total. The molecule has 0 atom stereocenters. The molecule has 1 aromatic heterocycles. The lowest BCUT2D eigenvalue weighted by Gasteiger charge is -2.10. The van der Waals surface area contributed by atoms with Crippen LogP contribution in [0, 0.1) is 0 Å². The van der Waals surface area contributed by atoms with E-state index in [9.17, 15) is 4.79 Å². The molecule has 1 aromatic carbocycles. The van der Waals surface area contributed by atoms with Crippen LogP contribution in [0.15, 0.2) is 39.7 Å². The SMILES string of the molecule is O=c1c(Br)c(NCc2ccc(CO)cc2)cnn1CCO. The molecule has 0 radical (unpaired) electrons. The molecule has 112 valence electrons. The van der Waals surface area contributed by atoms with E-state index in [0.717, 1.165) is 11.1 Å². The van der Waals surface area contributed by atoms with Crippen molar-refractivity contribution in [2.24, 2.45) is 0 Å². The molecule has 0 spiro atoms. The second kappa shape index (κ2) is 7.35. The first-order chi connectivity index (χ1) is 10.2. The Hall–Kier alpha value is -1.70. The molecule has 0 unspecified atom stereocenters. The number of anilines is 1. The number of halogens is 1. The molecule has 0 aliphatic heterocycles. The average molecular weight is 354 g/mol. The van der Waals surface area contributed by atoms with Gasteiger partial charge in [-0.1, -0.05) is 24.3 Å². The van der Waals surface area contributed by atoms with Gasteiger partial charge in [-0.05, 0) is 27.1 Å². The summed E-state index contributed by atoms with van der Waals surface area (Å²) in [7, 11) is 0. The topological polar surface area (TPSA) is 87.4 Å². The number of aliphatic hydroxyl groups excluding tert-OH is 2. The van der Waals surface area contributed by atoms with Gasteiger partial charge in [-0.3, -0.25) is 4.79 Å². The second-order valence-electron chi connectivity index (χ2n) is 4.45. The van der Waals surface area contributed by atoms with Gasteiger partial charge in [-0.2, -0.15) is 5.10 Å². The molecule has 0 fully saturated rings. The maximum absolute atomic E-state index is 11.9. The minimum atomic E-state index is -0.287. The van der Waals surface area contributed by atoms with Crippen molar-refractivity contribution in [2.75, 3.05) is 11.9 Å². The minimum Gasteiger partial charge on any atom is -0.394 e. The first kappa shape index (κ1) is 15.7. The molecule has 0 aliphatic carbocycles. The molecule has 2 rings (SSSR count). The van der Waals surface area contributed by atoms with Crippen LogP contribution < -0.4 is 10.9 Å². The van der Waals surface area contributed by atoms with Gasteiger partial charge in [0.2, 0.25) is 0 Å². The quantitative estimate of drug-likeness (QED) is 0.723. The number of hydrogen-bond acceptors (Lipinski definition) is 5. The van der Waals surface area contributed by atoms with Gasteiger partial charge in [0, 0.05) is 6.54 Å². The monoisotopic (exact) mass is 353 g/mol. The van der Waals surface area contributed by atoms with Crippen molar-refractivity contribution in [3.05, 3.63) is 56.4 Å². The van der Waals surface area contributed by atoms with Crippen molar-refractivity contribution in [1.82, 2.24) is 9.78 Å². The lowest BCUT2D eigenvalue weighted by molar-refractivity contribution is 0.266. The molecule has 0 amide bonds. The Morgan fingerprint density at radius 2 is 1.86 bits per heavy atom. The van der Waals surface area contributed by atoms with Crippen LogP contribution in [0.4, 0.5) is 5.69 Å². The predicted molar refractivity (Wildman–Crippen MR) is 83.0 cm³/mol. The number of aliphatic hydroxyl groups is 2. The van der Waals surface area contributed by atoms with Crippen LogP contribution in [-0.2, 0) is 19.7 Å². The van der Waals surface area contributed by atoms with Crippen molar-refractivity contribution < 1.29 is 10.2 Å². The van der Waals surface area contributed by atoms with Crippen LogP contribution in [0.3, 0.4) is 0 Å². The van der Waals surface area contributed by atoms with Gasteiger partial charge in [-0.25, -0.2) is 4.68 Å². The lowest BCUT2D eigenvalue weighted by atomic mass is 10.1. The Bertz CT molecular complexity index is 656. The van der Waals surface area contributed by atoms with Crippen molar-refractivity contribution in [1.29, 1.82) is 0 Å². The number of nitrogens with zero attached hydrogens (tertiary/aromatic N) is 2. The van der Waals surface area contributed by atoms with Gasteiger partial charge in [0.1, 0.15) is 4.47 Å². The highest BCUT2D eigenvalue weighted by Gasteiger charge is 2.08. The first-order valence-corrected chi connectivity index (χ1v) is 7.24. The van der Waals surface area contributed by atoms with Crippen LogP contribution in [0.5, 0.6) is 0 Å². The smallest absolute Gasteiger partial charge is 0.283 e. The molecule has 21 heavy (non-hydrogen) atoms. The Labute approximate surface area is 130 Å². The van der Waals surface area contributed by atoms with Crippen molar-refractivity contribution in [3.8, 4) is 0 Å². The summed E-state index contributed by atoms with van der Waals surface area (Å²) in [6.45, 7) is 0.589. The molecule has 2 aromatic rings. The normalized spacial score (nSPS) is 10.6. The van der Waals surface area contributed by atoms with E-state index in [-0.39, 0.29) is 25.3 Å². The maximum atomic E-state index is 11.9. The fourth-order valence-electron chi connectivity index (χ4n) is 1.80. The number of benzene rings is 1. The van der Waals surface area contributed by atoms with Crippen molar-refractivity contribution in [3.63, 3.8) is 0 Å². The number of aromatic nitrogens is 2. The molecular formula is C14H16BrN3O3. The highest BCUT2D eigenvalue weighted by Crippen LogP contribution is 2.17. The largest absolute Gasteiger partial charge is 0.394 e. The van der Waals surface area contributed by atoms with Gasteiger partial charge < -0.3 is 15.5 Å². The summed E-state index contributed by atoms with van der Waals surface area (Å²) in [6.07, 6.45) is 1.54. The summed E-state index contributed by atoms with van der Waals surface area (Å²) in [5.41, 5.74) is 2.19. The predicted octanol–water partition coefficient (Wildman–Crippen LogP) is 1.10. The van der Waals surface area contributed by atoms with Crippen LogP contribution in [0.25, 0.3) is 0 Å². The lowest BCUT2D eigenvalue weighted by Crippen LogP contribution is -2.25. The van der Waals surface area contributed by atoms with E-state index in [2.05, 4.69) is 26.3 Å². The van der Waals surface area contributed by atoms with Gasteiger partial charge in [0.05, 0.1) is 31.6 Å². The summed E-state index contributed by atoms with van der Waals surface area (Å²) in [4.78, 5) is 11.9. The van der Waals surface area contributed by atoms with Crippen LogP contribution in [0.2, 0.25) is 0 Å². The second-order valence-corrected chi connectivity index (χ2v) is 5.25. The fraction of sp³-hybridized carbons (Fsp3) is 0.286. The maximum Gasteiger partial charge on any atom is 0.283 e. The molecule has 0 saturated heterocycles. The van der Waals surface area contributed by atoms with Gasteiger partial charge in [0.25, 0.3) is 5.56 Å². The molecule has 0 bridgehead atoms. The van der Waals surface area contributed by atoms with E-state index in [1.165, 1.54) is 4.68 Å². The van der Waals surface area contributed by atoms with Crippen LogP contribution >= 0.6 is 15.9 Å².